The van der Waals surface area contributed by atoms with Gasteiger partial charge in [0.05, 0.1) is 0 Å². The Labute approximate surface area is 104 Å². The van der Waals surface area contributed by atoms with E-state index in [9.17, 15) is 0 Å². The normalized spacial score (nSPS) is 12.1. The Morgan fingerprint density at radius 2 is 1.94 bits per heavy atom. The van der Waals surface area contributed by atoms with Gasteiger partial charge in [0.25, 0.3) is 0 Å². The summed E-state index contributed by atoms with van der Waals surface area (Å²) in [4.78, 5) is 0. The first-order valence-corrected chi connectivity index (χ1v) is 6.70. The average molecular weight is 237 g/mol. The lowest BCUT2D eigenvalue weighted by atomic mass is 10.0. The molecule has 0 aliphatic rings. The van der Waals surface area contributed by atoms with Crippen LogP contribution in [0.15, 0.2) is 24.3 Å². The van der Waals surface area contributed by atoms with E-state index in [2.05, 4.69) is 63.6 Å². The fraction of sp³-hybridized carbons (Fsp3) is 0.571. The molecule has 0 saturated carbocycles. The summed E-state index contributed by atoms with van der Waals surface area (Å²) in [6.45, 7) is 12.1. The third-order valence-electron chi connectivity index (χ3n) is 2.27. The van der Waals surface area contributed by atoms with Crippen LogP contribution < -0.4 is 4.72 Å². The highest BCUT2D eigenvalue weighted by atomic mass is 32.2. The minimum Gasteiger partial charge on any atom is -0.259 e. The largest absolute Gasteiger partial charge is 0.259 e. The molecule has 0 heterocycles. The van der Waals surface area contributed by atoms with Gasteiger partial charge in [-0.2, -0.15) is 0 Å². The number of hydrogen-bond acceptors (Lipinski definition) is 2. The van der Waals surface area contributed by atoms with Crippen LogP contribution in [0.5, 0.6) is 0 Å². The summed E-state index contributed by atoms with van der Waals surface area (Å²) in [5.74, 6) is 0.607. The first-order chi connectivity index (χ1) is 7.38. The number of rotatable bonds is 4. The molecule has 0 radical (unpaired) electrons. The molecule has 0 unspecified atom stereocenters. The van der Waals surface area contributed by atoms with Gasteiger partial charge in [-0.1, -0.05) is 50.1 Å². The fourth-order valence-electron chi connectivity index (χ4n) is 1.40. The number of benzene rings is 1. The molecule has 1 nitrogen and oxygen atoms in total. The summed E-state index contributed by atoms with van der Waals surface area (Å²) >= 11 is 1.79. The molecule has 0 aliphatic heterocycles. The predicted molar refractivity (Wildman–Crippen MR) is 74.7 cm³/mol. The van der Waals surface area contributed by atoms with Crippen LogP contribution in [0.2, 0.25) is 0 Å². The van der Waals surface area contributed by atoms with Crippen LogP contribution in [-0.2, 0) is 6.54 Å². The molecule has 0 aromatic heterocycles. The molecule has 1 rings (SSSR count). The zero-order chi connectivity index (χ0) is 12.2. The molecule has 16 heavy (non-hydrogen) atoms. The maximum Gasteiger partial charge on any atom is 0.0310 e. The zero-order valence-corrected chi connectivity index (χ0v) is 11.8. The highest BCUT2D eigenvalue weighted by molar-refractivity contribution is 7.98. The molecule has 0 amide bonds. The smallest absolute Gasteiger partial charge is 0.0310 e. The van der Waals surface area contributed by atoms with Crippen molar-refractivity contribution in [2.45, 2.75) is 51.8 Å². The van der Waals surface area contributed by atoms with Gasteiger partial charge in [-0.3, -0.25) is 4.72 Å². The van der Waals surface area contributed by atoms with Gasteiger partial charge in [-0.25, -0.2) is 0 Å². The van der Waals surface area contributed by atoms with Crippen molar-refractivity contribution in [2.24, 2.45) is 0 Å². The van der Waals surface area contributed by atoms with E-state index in [1.54, 1.807) is 11.9 Å². The quantitative estimate of drug-likeness (QED) is 0.782. The first kappa shape index (κ1) is 13.6. The predicted octanol–water partition coefficient (Wildman–Crippen LogP) is 4.35. The van der Waals surface area contributed by atoms with Crippen LogP contribution in [-0.4, -0.2) is 4.75 Å². The van der Waals surface area contributed by atoms with Crippen molar-refractivity contribution in [3.05, 3.63) is 35.4 Å². The molecule has 0 spiro atoms. The van der Waals surface area contributed by atoms with Crippen LogP contribution in [0.4, 0.5) is 0 Å². The van der Waals surface area contributed by atoms with Crippen molar-refractivity contribution in [3.63, 3.8) is 0 Å². The molecule has 1 N–H and O–H groups in total. The molecule has 0 saturated heterocycles. The number of hydrogen-bond donors (Lipinski definition) is 1. The Morgan fingerprint density at radius 3 is 2.50 bits per heavy atom. The zero-order valence-electron chi connectivity index (χ0n) is 11.0. The van der Waals surface area contributed by atoms with Gasteiger partial charge in [-0.15, -0.1) is 0 Å². The molecule has 2 heteroatoms. The topological polar surface area (TPSA) is 12.0 Å². The summed E-state index contributed by atoms with van der Waals surface area (Å²) in [6, 6.07) is 8.82. The first-order valence-electron chi connectivity index (χ1n) is 5.88. The van der Waals surface area contributed by atoms with Gasteiger partial charge in [0.2, 0.25) is 0 Å². The number of nitrogens with one attached hydrogen (secondary N) is 1. The highest BCUT2D eigenvalue weighted by Gasteiger charge is 2.10. The SMILES string of the molecule is CC(C)c1cccc(CNSC(C)(C)C)c1. The highest BCUT2D eigenvalue weighted by Crippen LogP contribution is 2.21. The van der Waals surface area contributed by atoms with Gasteiger partial charge >= 0.3 is 0 Å². The van der Waals surface area contributed by atoms with Crippen LogP contribution in [0, 0.1) is 0 Å². The third-order valence-corrected chi connectivity index (χ3v) is 3.17. The molecule has 0 aliphatic carbocycles. The fourth-order valence-corrected chi connectivity index (χ4v) is 2.07. The van der Waals surface area contributed by atoms with Gasteiger partial charge in [-0.05, 0) is 37.8 Å². The van der Waals surface area contributed by atoms with Gasteiger partial charge in [0.1, 0.15) is 0 Å². The second-order valence-electron chi connectivity index (χ2n) is 5.44. The average Bonchev–Trinajstić information content (AvgIpc) is 2.16. The minimum atomic E-state index is 0.273. The minimum absolute atomic E-state index is 0.273. The monoisotopic (exact) mass is 237 g/mol. The summed E-state index contributed by atoms with van der Waals surface area (Å²) in [5, 5.41) is 0. The molecular weight excluding hydrogens is 214 g/mol. The van der Waals surface area contributed by atoms with Crippen LogP contribution in [0.1, 0.15) is 51.7 Å². The second-order valence-corrected chi connectivity index (χ2v) is 7.15. The Balaban J connectivity index is 2.51. The lowest BCUT2D eigenvalue weighted by Crippen LogP contribution is -2.16. The van der Waals surface area contributed by atoms with E-state index >= 15 is 0 Å². The maximum absolute atomic E-state index is 3.42. The van der Waals surface area contributed by atoms with Crippen molar-refractivity contribution in [2.75, 3.05) is 0 Å². The van der Waals surface area contributed by atoms with Crippen LogP contribution in [0.25, 0.3) is 0 Å². The van der Waals surface area contributed by atoms with E-state index in [1.165, 1.54) is 11.1 Å². The van der Waals surface area contributed by atoms with Crippen LogP contribution in [0.3, 0.4) is 0 Å². The van der Waals surface area contributed by atoms with Crippen molar-refractivity contribution < 1.29 is 0 Å². The maximum atomic E-state index is 3.42. The van der Waals surface area contributed by atoms with E-state index in [4.69, 9.17) is 0 Å². The summed E-state index contributed by atoms with van der Waals surface area (Å²) in [6.07, 6.45) is 0. The Kier molecular flexibility index (Phi) is 4.88. The Hall–Kier alpha value is -0.470. The molecule has 0 atom stereocenters. The van der Waals surface area contributed by atoms with Crippen molar-refractivity contribution in [3.8, 4) is 0 Å². The summed E-state index contributed by atoms with van der Waals surface area (Å²) in [7, 11) is 0. The Morgan fingerprint density at radius 1 is 1.25 bits per heavy atom. The molecule has 90 valence electrons. The summed E-state index contributed by atoms with van der Waals surface area (Å²) < 4.78 is 3.70. The molecule has 1 aromatic rings. The van der Waals surface area contributed by atoms with E-state index in [0.29, 0.717) is 5.92 Å². The van der Waals surface area contributed by atoms with Gasteiger partial charge in [0, 0.05) is 11.3 Å². The molecule has 1 aromatic carbocycles. The van der Waals surface area contributed by atoms with Crippen molar-refractivity contribution in [1.82, 2.24) is 4.72 Å². The Bertz CT molecular complexity index is 326. The standard InChI is InChI=1S/C14H23NS/c1-11(2)13-8-6-7-12(9-13)10-15-16-14(3,4)5/h6-9,11,15H,10H2,1-5H3. The van der Waals surface area contributed by atoms with Crippen LogP contribution >= 0.6 is 11.9 Å². The van der Waals surface area contributed by atoms with Gasteiger partial charge in [0.15, 0.2) is 0 Å². The lowest BCUT2D eigenvalue weighted by Gasteiger charge is -2.18. The van der Waals surface area contributed by atoms with Crippen molar-refractivity contribution >= 4 is 11.9 Å². The summed E-state index contributed by atoms with van der Waals surface area (Å²) in [5.41, 5.74) is 2.78. The van der Waals surface area contributed by atoms with E-state index in [-0.39, 0.29) is 4.75 Å². The molecule has 0 fully saturated rings. The van der Waals surface area contributed by atoms with E-state index in [1.807, 2.05) is 0 Å². The lowest BCUT2D eigenvalue weighted by molar-refractivity contribution is 0.786. The van der Waals surface area contributed by atoms with E-state index < -0.39 is 0 Å². The van der Waals surface area contributed by atoms with E-state index in [0.717, 1.165) is 6.54 Å². The third kappa shape index (κ3) is 5.04. The molecular formula is C14H23NS. The van der Waals surface area contributed by atoms with Crippen molar-refractivity contribution in [1.29, 1.82) is 0 Å². The molecule has 0 bridgehead atoms. The van der Waals surface area contributed by atoms with Gasteiger partial charge < -0.3 is 0 Å². The second kappa shape index (κ2) is 5.74.